The average molecular weight is 270 g/mol. The van der Waals surface area contributed by atoms with E-state index >= 15 is 0 Å². The van der Waals surface area contributed by atoms with Gasteiger partial charge >= 0.3 is 6.18 Å². The number of aryl methyl sites for hydroxylation is 2. The van der Waals surface area contributed by atoms with E-state index in [0.717, 1.165) is 6.07 Å². The van der Waals surface area contributed by atoms with Crippen molar-refractivity contribution in [1.82, 2.24) is 14.8 Å². The van der Waals surface area contributed by atoms with Crippen molar-refractivity contribution in [3.63, 3.8) is 0 Å². The molecule has 0 aliphatic rings. The molecule has 0 aromatic carbocycles. The van der Waals surface area contributed by atoms with Gasteiger partial charge in [-0.1, -0.05) is 6.92 Å². The maximum absolute atomic E-state index is 12.8. The zero-order valence-electron chi connectivity index (χ0n) is 10.5. The Morgan fingerprint density at radius 1 is 1.37 bits per heavy atom. The van der Waals surface area contributed by atoms with Crippen molar-refractivity contribution in [1.29, 1.82) is 0 Å². The molecule has 4 nitrogen and oxygen atoms in total. The van der Waals surface area contributed by atoms with Gasteiger partial charge in [-0.15, -0.1) is 0 Å². The van der Waals surface area contributed by atoms with E-state index < -0.39 is 11.7 Å². The number of rotatable bonds is 3. The minimum atomic E-state index is -4.44. The summed E-state index contributed by atoms with van der Waals surface area (Å²) < 4.78 is 40.1. The number of alkyl halides is 3. The molecule has 102 valence electrons. The smallest absolute Gasteiger partial charge is 0.337 e. The summed E-state index contributed by atoms with van der Waals surface area (Å²) in [7, 11) is 1.72. The molecule has 2 aromatic rings. The largest absolute Gasteiger partial charge is 0.419 e. The van der Waals surface area contributed by atoms with Gasteiger partial charge in [0.25, 0.3) is 0 Å². The summed E-state index contributed by atoms with van der Waals surface area (Å²) in [6.45, 7) is 1.89. The molecule has 2 aromatic heterocycles. The fourth-order valence-electron chi connectivity index (χ4n) is 1.76. The summed E-state index contributed by atoms with van der Waals surface area (Å²) in [5.41, 5.74) is 0.441. The molecule has 0 aliphatic carbocycles. The lowest BCUT2D eigenvalue weighted by Crippen LogP contribution is -2.10. The maximum Gasteiger partial charge on any atom is 0.419 e. The summed E-state index contributed by atoms with van der Waals surface area (Å²) in [4.78, 5) is 3.76. The number of anilines is 2. The molecule has 0 fully saturated rings. The summed E-state index contributed by atoms with van der Waals surface area (Å²) in [5, 5.41) is 6.87. The summed E-state index contributed by atoms with van der Waals surface area (Å²) >= 11 is 0. The highest BCUT2D eigenvalue weighted by molar-refractivity contribution is 5.61. The van der Waals surface area contributed by atoms with Crippen LogP contribution < -0.4 is 5.32 Å². The Kier molecular flexibility index (Phi) is 3.46. The van der Waals surface area contributed by atoms with E-state index in [0.29, 0.717) is 17.8 Å². The van der Waals surface area contributed by atoms with Crippen molar-refractivity contribution in [2.24, 2.45) is 7.05 Å². The van der Waals surface area contributed by atoms with Crippen LogP contribution in [0.25, 0.3) is 0 Å². The quantitative estimate of drug-likeness (QED) is 0.931. The normalized spacial score (nSPS) is 11.6. The van der Waals surface area contributed by atoms with Crippen molar-refractivity contribution in [3.8, 4) is 0 Å². The number of hydrogen-bond acceptors (Lipinski definition) is 3. The van der Waals surface area contributed by atoms with Crippen LogP contribution in [0.2, 0.25) is 0 Å². The predicted molar refractivity (Wildman–Crippen MR) is 65.1 cm³/mol. The van der Waals surface area contributed by atoms with E-state index in [1.807, 2.05) is 6.92 Å². The van der Waals surface area contributed by atoms with Gasteiger partial charge in [0.15, 0.2) is 0 Å². The molecular formula is C12H13F3N4. The predicted octanol–water partition coefficient (Wildman–Crippen LogP) is 3.14. The van der Waals surface area contributed by atoms with Crippen molar-refractivity contribution in [2.75, 3.05) is 5.32 Å². The van der Waals surface area contributed by atoms with Crippen LogP contribution in [0.3, 0.4) is 0 Å². The summed E-state index contributed by atoms with van der Waals surface area (Å²) in [6.07, 6.45) is -0.865. The molecule has 0 amide bonds. The highest BCUT2D eigenvalue weighted by atomic mass is 19.4. The van der Waals surface area contributed by atoms with Crippen molar-refractivity contribution >= 4 is 11.5 Å². The molecule has 0 bridgehead atoms. The van der Waals surface area contributed by atoms with Crippen LogP contribution in [0.4, 0.5) is 24.7 Å². The van der Waals surface area contributed by atoms with Gasteiger partial charge in [0.1, 0.15) is 5.82 Å². The molecule has 0 unspecified atom stereocenters. The van der Waals surface area contributed by atoms with Crippen molar-refractivity contribution in [3.05, 3.63) is 35.8 Å². The Hall–Kier alpha value is -2.05. The van der Waals surface area contributed by atoms with Gasteiger partial charge < -0.3 is 5.32 Å². The fourth-order valence-corrected chi connectivity index (χ4v) is 1.76. The zero-order chi connectivity index (χ0) is 14.0. The Morgan fingerprint density at radius 2 is 2.11 bits per heavy atom. The third kappa shape index (κ3) is 2.86. The van der Waals surface area contributed by atoms with E-state index in [1.54, 1.807) is 17.9 Å². The van der Waals surface area contributed by atoms with Gasteiger partial charge in [0.2, 0.25) is 0 Å². The van der Waals surface area contributed by atoms with E-state index in [1.165, 1.54) is 12.3 Å². The third-order valence-electron chi connectivity index (χ3n) is 2.61. The molecule has 0 spiro atoms. The molecule has 0 aliphatic heterocycles. The monoisotopic (exact) mass is 270 g/mol. The number of hydrogen-bond donors (Lipinski definition) is 1. The summed E-state index contributed by atoms with van der Waals surface area (Å²) in [5.74, 6) is -0.210. The lowest BCUT2D eigenvalue weighted by atomic mass is 10.2. The standard InChI is InChI=1S/C12H13F3N4/c1-3-9-10(7-19(2)18-9)17-11-8(12(13,14)15)5-4-6-16-11/h4-7H,3H2,1-2H3,(H,16,17). The fraction of sp³-hybridized carbons (Fsp3) is 0.333. The molecule has 0 saturated heterocycles. The molecule has 2 rings (SSSR count). The van der Waals surface area contributed by atoms with Gasteiger partial charge in [-0.25, -0.2) is 4.98 Å². The van der Waals surface area contributed by atoms with Gasteiger partial charge in [0, 0.05) is 19.4 Å². The van der Waals surface area contributed by atoms with Crippen LogP contribution >= 0.6 is 0 Å². The van der Waals surface area contributed by atoms with Crippen molar-refractivity contribution in [2.45, 2.75) is 19.5 Å². The van der Waals surface area contributed by atoms with Crippen LogP contribution in [0, 0.1) is 0 Å². The van der Waals surface area contributed by atoms with Gasteiger partial charge in [0.05, 0.1) is 16.9 Å². The second-order valence-electron chi connectivity index (χ2n) is 4.04. The molecular weight excluding hydrogens is 257 g/mol. The Bertz CT molecular complexity index is 575. The lowest BCUT2D eigenvalue weighted by molar-refractivity contribution is -0.137. The maximum atomic E-state index is 12.8. The molecule has 0 radical (unpaired) electrons. The summed E-state index contributed by atoms with van der Waals surface area (Å²) in [6, 6.07) is 2.26. The van der Waals surface area contributed by atoms with E-state index in [9.17, 15) is 13.2 Å². The Morgan fingerprint density at radius 3 is 2.74 bits per heavy atom. The van der Waals surface area contributed by atoms with E-state index in [4.69, 9.17) is 0 Å². The molecule has 19 heavy (non-hydrogen) atoms. The van der Waals surface area contributed by atoms with E-state index in [-0.39, 0.29) is 5.82 Å². The van der Waals surface area contributed by atoms with Crippen molar-refractivity contribution < 1.29 is 13.2 Å². The van der Waals surface area contributed by atoms with Gasteiger partial charge in [-0.2, -0.15) is 18.3 Å². The minimum absolute atomic E-state index is 0.210. The van der Waals surface area contributed by atoms with Gasteiger partial charge in [-0.05, 0) is 18.6 Å². The number of halogens is 3. The second-order valence-corrected chi connectivity index (χ2v) is 4.04. The van der Waals surface area contributed by atoms with E-state index in [2.05, 4.69) is 15.4 Å². The Balaban J connectivity index is 2.38. The highest BCUT2D eigenvalue weighted by Gasteiger charge is 2.34. The number of nitrogens with one attached hydrogen (secondary N) is 1. The minimum Gasteiger partial charge on any atom is -0.337 e. The SMILES string of the molecule is CCc1nn(C)cc1Nc1ncccc1C(F)(F)F. The zero-order valence-corrected chi connectivity index (χ0v) is 10.5. The molecule has 0 atom stereocenters. The number of aromatic nitrogens is 3. The molecule has 2 heterocycles. The van der Waals surface area contributed by atoms with Crippen LogP contribution in [0.5, 0.6) is 0 Å². The number of nitrogens with zero attached hydrogens (tertiary/aromatic N) is 3. The topological polar surface area (TPSA) is 42.7 Å². The van der Waals surface area contributed by atoms with Crippen LogP contribution in [0.1, 0.15) is 18.2 Å². The van der Waals surface area contributed by atoms with Crippen LogP contribution in [-0.2, 0) is 19.6 Å². The third-order valence-corrected chi connectivity index (χ3v) is 2.61. The van der Waals surface area contributed by atoms with Crippen LogP contribution in [0.15, 0.2) is 24.5 Å². The second kappa shape index (κ2) is 4.91. The number of pyridine rings is 1. The lowest BCUT2D eigenvalue weighted by Gasteiger charge is -2.12. The average Bonchev–Trinajstić information content (AvgIpc) is 2.69. The van der Waals surface area contributed by atoms with Crippen LogP contribution in [-0.4, -0.2) is 14.8 Å². The molecule has 7 heteroatoms. The molecule has 1 N–H and O–H groups in total. The first-order chi connectivity index (χ1) is 8.91. The highest BCUT2D eigenvalue weighted by Crippen LogP contribution is 2.34. The Labute approximate surface area is 108 Å². The first-order valence-corrected chi connectivity index (χ1v) is 5.73. The molecule has 0 saturated carbocycles. The first-order valence-electron chi connectivity index (χ1n) is 5.73. The van der Waals surface area contributed by atoms with Gasteiger partial charge in [-0.3, -0.25) is 4.68 Å². The first kappa shape index (κ1) is 13.4.